The number of carbonyl (C=O) groups excluding carboxylic acids is 1. The molecule has 2 atom stereocenters. The lowest BCUT2D eigenvalue weighted by Crippen LogP contribution is -2.56. The van der Waals surface area contributed by atoms with Gasteiger partial charge in [0.05, 0.1) is 6.04 Å². The van der Waals surface area contributed by atoms with Crippen molar-refractivity contribution in [1.82, 2.24) is 15.5 Å². The fraction of sp³-hybridized carbons (Fsp3) is 0.562. The molecule has 20 heavy (non-hydrogen) atoms. The lowest BCUT2D eigenvalue weighted by atomic mass is 10.0. The molecule has 0 bridgehead atoms. The molecule has 108 valence electrons. The van der Waals surface area contributed by atoms with Crippen LogP contribution in [0.4, 0.5) is 0 Å². The van der Waals surface area contributed by atoms with Gasteiger partial charge in [-0.25, -0.2) is 0 Å². The van der Waals surface area contributed by atoms with E-state index in [1.54, 1.807) is 0 Å². The predicted octanol–water partition coefficient (Wildman–Crippen LogP) is 0.782. The van der Waals surface area contributed by atoms with Gasteiger partial charge in [-0.15, -0.1) is 0 Å². The molecule has 1 aromatic carbocycles. The Hall–Kier alpha value is -1.39. The van der Waals surface area contributed by atoms with Crippen LogP contribution in [0.3, 0.4) is 0 Å². The molecule has 0 saturated carbocycles. The van der Waals surface area contributed by atoms with Gasteiger partial charge in [0, 0.05) is 25.7 Å². The minimum Gasteiger partial charge on any atom is -0.338 e. The molecule has 4 nitrogen and oxygen atoms in total. The van der Waals surface area contributed by atoms with E-state index in [1.807, 2.05) is 11.0 Å². The van der Waals surface area contributed by atoms with E-state index in [0.29, 0.717) is 11.9 Å². The normalized spacial score (nSPS) is 26.7. The predicted molar refractivity (Wildman–Crippen MR) is 79.5 cm³/mol. The van der Waals surface area contributed by atoms with Crippen molar-refractivity contribution in [1.29, 1.82) is 0 Å². The highest BCUT2D eigenvalue weighted by Gasteiger charge is 2.30. The van der Waals surface area contributed by atoms with Gasteiger partial charge in [0.15, 0.2) is 0 Å². The van der Waals surface area contributed by atoms with E-state index in [-0.39, 0.29) is 6.04 Å². The molecule has 2 aliphatic rings. The van der Waals surface area contributed by atoms with Gasteiger partial charge in [-0.05, 0) is 31.4 Å². The summed E-state index contributed by atoms with van der Waals surface area (Å²) in [5.41, 5.74) is 1.33. The summed E-state index contributed by atoms with van der Waals surface area (Å²) in [5, 5.41) is 6.84. The van der Waals surface area contributed by atoms with Gasteiger partial charge in [0.25, 0.3) is 0 Å². The van der Waals surface area contributed by atoms with Crippen LogP contribution < -0.4 is 10.6 Å². The standard InChI is InChI=1S/C16H23N3O/c20-16(15-7-4-8-18-15)19-10-9-17-14(12-19)11-13-5-2-1-3-6-13/h1-3,5-6,14-15,17-18H,4,7-12H2. The van der Waals surface area contributed by atoms with Crippen LogP contribution in [0, 0.1) is 0 Å². The first-order valence-electron chi connectivity index (χ1n) is 7.62. The lowest BCUT2D eigenvalue weighted by Gasteiger charge is -2.35. The van der Waals surface area contributed by atoms with Crippen molar-refractivity contribution >= 4 is 5.91 Å². The van der Waals surface area contributed by atoms with E-state index in [1.165, 1.54) is 5.56 Å². The highest BCUT2D eigenvalue weighted by Crippen LogP contribution is 2.12. The monoisotopic (exact) mass is 273 g/mol. The largest absolute Gasteiger partial charge is 0.338 e. The number of nitrogens with one attached hydrogen (secondary N) is 2. The summed E-state index contributed by atoms with van der Waals surface area (Å²) in [5.74, 6) is 0.294. The van der Waals surface area contributed by atoms with Gasteiger partial charge >= 0.3 is 0 Å². The molecule has 1 amide bonds. The molecular weight excluding hydrogens is 250 g/mol. The molecule has 0 spiro atoms. The van der Waals surface area contributed by atoms with Crippen molar-refractivity contribution < 1.29 is 4.79 Å². The Labute approximate surface area is 120 Å². The number of amides is 1. The van der Waals surface area contributed by atoms with Gasteiger partial charge in [-0.2, -0.15) is 0 Å². The Kier molecular flexibility index (Phi) is 4.33. The van der Waals surface area contributed by atoms with E-state index in [2.05, 4.69) is 34.9 Å². The van der Waals surface area contributed by atoms with Crippen molar-refractivity contribution in [2.24, 2.45) is 0 Å². The van der Waals surface area contributed by atoms with Gasteiger partial charge in [-0.1, -0.05) is 30.3 Å². The summed E-state index contributed by atoms with van der Waals surface area (Å²) >= 11 is 0. The van der Waals surface area contributed by atoms with Gasteiger partial charge in [-0.3, -0.25) is 4.79 Å². The highest BCUT2D eigenvalue weighted by atomic mass is 16.2. The average molecular weight is 273 g/mol. The molecule has 0 aromatic heterocycles. The number of hydrogen-bond donors (Lipinski definition) is 2. The van der Waals surface area contributed by atoms with Crippen molar-refractivity contribution in [2.75, 3.05) is 26.2 Å². The second kappa shape index (κ2) is 6.37. The second-order valence-electron chi connectivity index (χ2n) is 5.77. The van der Waals surface area contributed by atoms with Crippen LogP contribution in [0.2, 0.25) is 0 Å². The van der Waals surface area contributed by atoms with Crippen molar-refractivity contribution in [3.63, 3.8) is 0 Å². The Bertz CT molecular complexity index is 442. The zero-order valence-corrected chi connectivity index (χ0v) is 11.8. The maximum Gasteiger partial charge on any atom is 0.239 e. The second-order valence-corrected chi connectivity index (χ2v) is 5.77. The molecule has 2 saturated heterocycles. The molecule has 2 N–H and O–H groups in total. The number of benzene rings is 1. The van der Waals surface area contributed by atoms with Crippen molar-refractivity contribution in [3.8, 4) is 0 Å². The first-order valence-corrected chi connectivity index (χ1v) is 7.62. The molecule has 2 fully saturated rings. The smallest absolute Gasteiger partial charge is 0.239 e. The van der Waals surface area contributed by atoms with Gasteiger partial charge in [0.2, 0.25) is 5.91 Å². The minimum absolute atomic E-state index is 0.0606. The summed E-state index contributed by atoms with van der Waals surface area (Å²) < 4.78 is 0. The van der Waals surface area contributed by atoms with E-state index >= 15 is 0 Å². The third-order valence-electron chi connectivity index (χ3n) is 4.25. The summed E-state index contributed by atoms with van der Waals surface area (Å²) in [4.78, 5) is 14.5. The van der Waals surface area contributed by atoms with Crippen LogP contribution >= 0.6 is 0 Å². The third-order valence-corrected chi connectivity index (χ3v) is 4.25. The van der Waals surface area contributed by atoms with Crippen LogP contribution in [0.5, 0.6) is 0 Å². The zero-order valence-electron chi connectivity index (χ0n) is 11.8. The molecular formula is C16H23N3O. The molecule has 0 radical (unpaired) electrons. The molecule has 4 heteroatoms. The molecule has 0 aliphatic carbocycles. The number of piperazine rings is 1. The zero-order chi connectivity index (χ0) is 13.8. The summed E-state index contributed by atoms with van der Waals surface area (Å²) in [6, 6.07) is 10.9. The maximum atomic E-state index is 12.4. The molecule has 1 aromatic rings. The Morgan fingerprint density at radius 3 is 2.80 bits per heavy atom. The number of rotatable bonds is 3. The third kappa shape index (κ3) is 3.19. The van der Waals surface area contributed by atoms with Crippen molar-refractivity contribution in [2.45, 2.75) is 31.3 Å². The first-order chi connectivity index (χ1) is 9.83. The van der Waals surface area contributed by atoms with E-state index in [9.17, 15) is 4.79 Å². The minimum atomic E-state index is 0.0606. The topological polar surface area (TPSA) is 44.4 Å². The van der Waals surface area contributed by atoms with Crippen LogP contribution in [-0.4, -0.2) is 49.1 Å². The lowest BCUT2D eigenvalue weighted by molar-refractivity contribution is -0.134. The molecule has 3 rings (SSSR count). The summed E-state index contributed by atoms with van der Waals surface area (Å²) in [7, 11) is 0. The average Bonchev–Trinajstić information content (AvgIpc) is 3.02. The van der Waals surface area contributed by atoms with Crippen LogP contribution in [-0.2, 0) is 11.2 Å². The summed E-state index contributed by atoms with van der Waals surface area (Å²) in [6.07, 6.45) is 3.10. The van der Waals surface area contributed by atoms with Crippen molar-refractivity contribution in [3.05, 3.63) is 35.9 Å². The van der Waals surface area contributed by atoms with Gasteiger partial charge < -0.3 is 15.5 Å². The van der Waals surface area contributed by atoms with Gasteiger partial charge in [0.1, 0.15) is 0 Å². The van der Waals surface area contributed by atoms with Crippen LogP contribution in [0.15, 0.2) is 30.3 Å². The fourth-order valence-corrected chi connectivity index (χ4v) is 3.18. The van der Waals surface area contributed by atoms with Crippen LogP contribution in [0.25, 0.3) is 0 Å². The summed E-state index contributed by atoms with van der Waals surface area (Å²) in [6.45, 7) is 3.54. The highest BCUT2D eigenvalue weighted by molar-refractivity contribution is 5.82. The number of nitrogens with zero attached hydrogens (tertiary/aromatic N) is 1. The van der Waals surface area contributed by atoms with E-state index in [4.69, 9.17) is 0 Å². The maximum absolute atomic E-state index is 12.4. The van der Waals surface area contributed by atoms with E-state index < -0.39 is 0 Å². The number of hydrogen-bond acceptors (Lipinski definition) is 3. The Balaban J connectivity index is 1.57. The molecule has 2 unspecified atom stereocenters. The fourth-order valence-electron chi connectivity index (χ4n) is 3.18. The SMILES string of the molecule is O=C(C1CCCN1)N1CCNC(Cc2ccccc2)C1. The van der Waals surface area contributed by atoms with E-state index in [0.717, 1.165) is 45.4 Å². The number of carbonyl (C=O) groups is 1. The van der Waals surface area contributed by atoms with Crippen LogP contribution in [0.1, 0.15) is 18.4 Å². The molecule has 2 heterocycles. The molecule has 2 aliphatic heterocycles. The quantitative estimate of drug-likeness (QED) is 0.855. The Morgan fingerprint density at radius 1 is 1.20 bits per heavy atom. The Morgan fingerprint density at radius 2 is 2.05 bits per heavy atom. The first kappa shape index (κ1) is 13.6.